The zero-order valence-corrected chi connectivity index (χ0v) is 22.5. The van der Waals surface area contributed by atoms with Crippen molar-refractivity contribution in [3.63, 3.8) is 0 Å². The van der Waals surface area contributed by atoms with Crippen LogP contribution in [0, 0.1) is 69.8 Å². The van der Waals surface area contributed by atoms with E-state index in [1.165, 1.54) is 0 Å². The molecule has 0 bridgehead atoms. The lowest BCUT2D eigenvalue weighted by Gasteiger charge is -2.25. The summed E-state index contributed by atoms with van der Waals surface area (Å²) in [6.07, 6.45) is -10.7. The summed E-state index contributed by atoms with van der Waals surface area (Å²) in [7, 11) is -5.42. The number of ether oxygens (including phenoxy) is 3. The van der Waals surface area contributed by atoms with Crippen LogP contribution in [0.1, 0.15) is 0 Å². The summed E-state index contributed by atoms with van der Waals surface area (Å²) >= 11 is 0. The maximum atomic E-state index is 15.2. The molecule has 0 saturated carbocycles. The molecule has 3 rings (SSSR count). The molecule has 0 unspecified atom stereocenters. The quantitative estimate of drug-likeness (QED) is 0.0941. The SMILES string of the molecule is FC(F)=C(F)Oc1c(F)c(F)c(P(c2c(F)c(F)c(OC(F)=C(F)F)c(F)c2F)c2c(F)c(F)c(OC(F)=C(F)F)c(F)c2F)c(F)c1F. The summed E-state index contributed by atoms with van der Waals surface area (Å²) in [6.45, 7) is 0. The van der Waals surface area contributed by atoms with E-state index in [0.717, 1.165) is 0 Å². The Bertz CT molecular complexity index is 1650. The van der Waals surface area contributed by atoms with Gasteiger partial charge in [-0.05, 0) is 0 Å². The van der Waals surface area contributed by atoms with Crippen LogP contribution in [0.5, 0.6) is 17.2 Å². The van der Waals surface area contributed by atoms with Gasteiger partial charge in [-0.2, -0.15) is 65.9 Å². The van der Waals surface area contributed by atoms with Gasteiger partial charge in [0.2, 0.25) is 52.2 Å². The highest BCUT2D eigenvalue weighted by Gasteiger charge is 2.44. The second-order valence-corrected chi connectivity index (χ2v) is 10.1. The van der Waals surface area contributed by atoms with Crippen LogP contribution < -0.4 is 30.1 Å². The Morgan fingerprint density at radius 3 is 0.592 bits per heavy atom. The van der Waals surface area contributed by atoms with Crippen LogP contribution in [0.4, 0.5) is 92.2 Å². The first-order valence-corrected chi connectivity index (χ1v) is 12.5. The van der Waals surface area contributed by atoms with Crippen LogP contribution in [-0.2, 0) is 0 Å². The molecule has 3 nitrogen and oxygen atoms in total. The van der Waals surface area contributed by atoms with Gasteiger partial charge in [-0.25, -0.2) is 26.3 Å². The summed E-state index contributed by atoms with van der Waals surface area (Å²) in [5.41, 5.74) is 0. The van der Waals surface area contributed by atoms with E-state index in [9.17, 15) is 65.9 Å². The Labute approximate surface area is 254 Å². The zero-order chi connectivity index (χ0) is 37.6. The molecule has 49 heavy (non-hydrogen) atoms. The predicted molar refractivity (Wildman–Crippen MR) is 118 cm³/mol. The highest BCUT2D eigenvalue weighted by molar-refractivity contribution is 7.79. The lowest BCUT2D eigenvalue weighted by molar-refractivity contribution is 0.222. The summed E-state index contributed by atoms with van der Waals surface area (Å²) in [4.78, 5) is 0. The fourth-order valence-electron chi connectivity index (χ4n) is 3.38. The van der Waals surface area contributed by atoms with Gasteiger partial charge in [0, 0.05) is 7.92 Å². The van der Waals surface area contributed by atoms with Crippen molar-refractivity contribution in [2.24, 2.45) is 0 Å². The summed E-state index contributed by atoms with van der Waals surface area (Å²) < 4.78 is 303. The first kappa shape index (κ1) is 38.7. The Morgan fingerprint density at radius 2 is 0.449 bits per heavy atom. The fraction of sp³-hybridized carbons (Fsp3) is 0. The van der Waals surface area contributed by atoms with Crippen LogP contribution in [0.25, 0.3) is 0 Å². The standard InChI is InChI=1S/C24F21O3P/c25-1-7(31)16(8(32)2(26)13(1)46-22(43)19(37)38)49(17-9(33)3(27)14(4(28)10(17)34)47-23(44)20(39)40)18-11(35)5(29)15(6(30)12(18)36)48-24(45)21(41)42. The second-order valence-electron chi connectivity index (χ2n) is 8.04. The molecule has 0 heterocycles. The van der Waals surface area contributed by atoms with E-state index in [1.807, 2.05) is 0 Å². The smallest absolute Gasteiger partial charge is 0.344 e. The van der Waals surface area contributed by atoms with Gasteiger partial charge in [0.25, 0.3) is 0 Å². The Balaban J connectivity index is 2.63. The molecular weight excluding hydrogens is 766 g/mol. The third-order valence-corrected chi connectivity index (χ3v) is 7.81. The van der Waals surface area contributed by atoms with Crippen molar-refractivity contribution in [3.8, 4) is 17.2 Å². The summed E-state index contributed by atoms with van der Waals surface area (Å²) in [5.74, 6) is -48.4. The van der Waals surface area contributed by atoms with Crippen molar-refractivity contribution in [2.45, 2.75) is 0 Å². The van der Waals surface area contributed by atoms with Crippen molar-refractivity contribution < 1.29 is 106 Å². The maximum absolute atomic E-state index is 15.2. The van der Waals surface area contributed by atoms with E-state index in [2.05, 4.69) is 14.2 Å². The molecule has 0 aromatic heterocycles. The van der Waals surface area contributed by atoms with Crippen LogP contribution in [0.2, 0.25) is 0 Å². The van der Waals surface area contributed by atoms with Gasteiger partial charge in [0.1, 0.15) is 0 Å². The number of hydrogen-bond acceptors (Lipinski definition) is 3. The molecule has 0 aliphatic heterocycles. The first-order chi connectivity index (χ1) is 22.6. The van der Waals surface area contributed by atoms with Crippen molar-refractivity contribution in [3.05, 3.63) is 106 Å². The van der Waals surface area contributed by atoms with E-state index < -0.39 is 147 Å². The molecule has 266 valence electrons. The number of halogens is 21. The van der Waals surface area contributed by atoms with E-state index in [1.54, 1.807) is 0 Å². The minimum Gasteiger partial charge on any atom is -0.421 e. The fourth-order valence-corrected chi connectivity index (χ4v) is 5.82. The summed E-state index contributed by atoms with van der Waals surface area (Å²) in [6, 6.07) is -9.88. The maximum Gasteiger partial charge on any atom is 0.344 e. The van der Waals surface area contributed by atoms with Crippen LogP contribution in [0.3, 0.4) is 0 Å². The minimum atomic E-state index is -5.42. The minimum absolute atomic E-state index is 2.85. The molecule has 0 radical (unpaired) electrons. The highest BCUT2D eigenvalue weighted by atomic mass is 31.1. The normalized spacial score (nSPS) is 11.1. The number of benzene rings is 3. The van der Waals surface area contributed by atoms with Crippen LogP contribution in [0.15, 0.2) is 36.3 Å². The highest BCUT2D eigenvalue weighted by Crippen LogP contribution is 2.46. The summed E-state index contributed by atoms with van der Waals surface area (Å²) in [5, 5.41) is -8.96. The lowest BCUT2D eigenvalue weighted by atomic mass is 10.2. The molecule has 25 heteroatoms. The van der Waals surface area contributed by atoms with Gasteiger partial charge in [0.05, 0.1) is 15.9 Å². The molecule has 3 aromatic carbocycles. The molecular formula is C24F21O3P. The van der Waals surface area contributed by atoms with Crippen molar-refractivity contribution in [2.75, 3.05) is 0 Å². The van der Waals surface area contributed by atoms with Gasteiger partial charge in [-0.3, -0.25) is 0 Å². The van der Waals surface area contributed by atoms with E-state index in [0.29, 0.717) is 0 Å². The Hall–Kier alpha value is -4.76. The molecule has 0 atom stereocenters. The van der Waals surface area contributed by atoms with Crippen LogP contribution >= 0.6 is 7.92 Å². The van der Waals surface area contributed by atoms with E-state index >= 15 is 26.3 Å². The zero-order valence-electron chi connectivity index (χ0n) is 21.6. The molecule has 0 N–H and O–H groups in total. The molecule has 0 saturated heterocycles. The van der Waals surface area contributed by atoms with E-state index in [-0.39, 0.29) is 0 Å². The first-order valence-electron chi connectivity index (χ1n) is 11.1. The Kier molecular flexibility index (Phi) is 11.4. The topological polar surface area (TPSA) is 27.7 Å². The number of hydrogen-bond donors (Lipinski definition) is 0. The molecule has 0 amide bonds. The average molecular weight is 766 g/mol. The van der Waals surface area contributed by atoms with E-state index in [4.69, 9.17) is 0 Å². The average Bonchev–Trinajstić information content (AvgIpc) is 3.03. The molecule has 0 aliphatic rings. The second kappa shape index (κ2) is 14.4. The third-order valence-electron chi connectivity index (χ3n) is 5.29. The monoisotopic (exact) mass is 766 g/mol. The molecule has 0 spiro atoms. The molecule has 0 aliphatic carbocycles. The van der Waals surface area contributed by atoms with Crippen molar-refractivity contribution in [1.82, 2.24) is 0 Å². The van der Waals surface area contributed by atoms with Crippen LogP contribution in [-0.4, -0.2) is 0 Å². The lowest BCUT2D eigenvalue weighted by Crippen LogP contribution is -2.35. The molecule has 0 fully saturated rings. The predicted octanol–water partition coefficient (Wildman–Crippen LogP) is 9.36. The van der Waals surface area contributed by atoms with Crippen molar-refractivity contribution >= 4 is 23.8 Å². The molecule has 3 aromatic rings. The largest absolute Gasteiger partial charge is 0.421 e. The van der Waals surface area contributed by atoms with Gasteiger partial charge in [0.15, 0.2) is 34.9 Å². The van der Waals surface area contributed by atoms with Gasteiger partial charge in [-0.15, -0.1) is 0 Å². The van der Waals surface area contributed by atoms with Gasteiger partial charge >= 0.3 is 36.3 Å². The van der Waals surface area contributed by atoms with Crippen molar-refractivity contribution in [1.29, 1.82) is 0 Å². The number of rotatable bonds is 9. The third kappa shape index (κ3) is 6.90. The Morgan fingerprint density at radius 1 is 0.286 bits per heavy atom. The van der Waals surface area contributed by atoms with Gasteiger partial charge < -0.3 is 14.2 Å². The van der Waals surface area contributed by atoms with Gasteiger partial charge in [-0.1, -0.05) is 0 Å².